The molecule has 1 rings (SSSR count). The van der Waals surface area contributed by atoms with Gasteiger partial charge in [-0.05, 0) is 12.1 Å². The van der Waals surface area contributed by atoms with Crippen molar-refractivity contribution in [3.63, 3.8) is 0 Å². The number of rotatable bonds is 2. The van der Waals surface area contributed by atoms with Gasteiger partial charge in [0.15, 0.2) is 0 Å². The van der Waals surface area contributed by atoms with E-state index in [9.17, 15) is 0 Å². The molecule has 1 aromatic carbocycles. The molecule has 0 saturated carbocycles. The highest BCUT2D eigenvalue weighted by atomic mass is 15.1. The van der Waals surface area contributed by atoms with E-state index in [2.05, 4.69) is 4.99 Å². The summed E-state index contributed by atoms with van der Waals surface area (Å²) in [7, 11) is 5.69. The first-order valence-electron chi connectivity index (χ1n) is 4.15. The van der Waals surface area contributed by atoms with E-state index < -0.39 is 0 Å². The maximum Gasteiger partial charge on any atom is 0.125 e. The van der Waals surface area contributed by atoms with Crippen molar-refractivity contribution in [2.45, 2.75) is 0 Å². The van der Waals surface area contributed by atoms with Crippen LogP contribution < -0.4 is 10.6 Å². The number of benzene rings is 1. The average Bonchev–Trinajstić information content (AvgIpc) is 2.17. The average molecular weight is 177 g/mol. The van der Waals surface area contributed by atoms with Crippen LogP contribution >= 0.6 is 0 Å². The first kappa shape index (κ1) is 9.58. The molecule has 70 valence electrons. The summed E-state index contributed by atoms with van der Waals surface area (Å²) in [5.41, 5.74) is 7.79. The van der Waals surface area contributed by atoms with E-state index >= 15 is 0 Å². The summed E-state index contributed by atoms with van der Waals surface area (Å²) in [6.45, 7) is 0. The van der Waals surface area contributed by atoms with Gasteiger partial charge in [0.1, 0.15) is 5.84 Å². The van der Waals surface area contributed by atoms with Crippen LogP contribution in [0.4, 0.5) is 5.69 Å². The Kier molecular flexibility index (Phi) is 2.90. The largest absolute Gasteiger partial charge is 0.384 e. The van der Waals surface area contributed by atoms with Crippen molar-refractivity contribution in [3.05, 3.63) is 29.8 Å². The van der Waals surface area contributed by atoms with Crippen molar-refractivity contribution in [1.82, 2.24) is 0 Å². The van der Waals surface area contributed by atoms with Gasteiger partial charge in [0.05, 0.1) is 0 Å². The van der Waals surface area contributed by atoms with E-state index in [1.165, 1.54) is 0 Å². The molecular weight excluding hydrogens is 162 g/mol. The minimum Gasteiger partial charge on any atom is -0.384 e. The van der Waals surface area contributed by atoms with Crippen molar-refractivity contribution >= 4 is 11.5 Å². The van der Waals surface area contributed by atoms with E-state index in [0.29, 0.717) is 5.84 Å². The fourth-order valence-electron chi connectivity index (χ4n) is 1.07. The molecule has 0 saturated heterocycles. The lowest BCUT2D eigenvalue weighted by molar-refractivity contribution is 1.13. The fraction of sp³-hybridized carbons (Fsp3) is 0.300. The normalized spacial score (nSPS) is 11.5. The fourth-order valence-corrected chi connectivity index (χ4v) is 1.07. The Morgan fingerprint density at radius 2 is 2.08 bits per heavy atom. The maximum atomic E-state index is 5.69. The van der Waals surface area contributed by atoms with Gasteiger partial charge in [-0.25, -0.2) is 0 Å². The van der Waals surface area contributed by atoms with Gasteiger partial charge in [-0.3, -0.25) is 4.99 Å². The van der Waals surface area contributed by atoms with Gasteiger partial charge in [0.25, 0.3) is 0 Å². The molecule has 0 amide bonds. The third kappa shape index (κ3) is 2.21. The molecule has 0 aliphatic rings. The van der Waals surface area contributed by atoms with Gasteiger partial charge < -0.3 is 10.6 Å². The van der Waals surface area contributed by atoms with Crippen molar-refractivity contribution in [2.75, 3.05) is 26.0 Å². The first-order chi connectivity index (χ1) is 6.15. The Labute approximate surface area is 78.9 Å². The standard InChI is InChI=1S/C10H15N3/c1-12-10(11)8-5-4-6-9(7-8)13(2)3/h4-7H,1-3H3,(H2,11,12). The number of nitrogens with two attached hydrogens (primary N) is 1. The molecule has 0 atom stereocenters. The van der Waals surface area contributed by atoms with E-state index in [4.69, 9.17) is 5.73 Å². The number of hydrogen-bond donors (Lipinski definition) is 1. The maximum absolute atomic E-state index is 5.69. The molecule has 0 bridgehead atoms. The monoisotopic (exact) mass is 177 g/mol. The van der Waals surface area contributed by atoms with Gasteiger partial charge in [0.2, 0.25) is 0 Å². The van der Waals surface area contributed by atoms with Crippen LogP contribution in [0.2, 0.25) is 0 Å². The smallest absolute Gasteiger partial charge is 0.125 e. The summed E-state index contributed by atoms with van der Waals surface area (Å²) in [5, 5.41) is 0. The summed E-state index contributed by atoms with van der Waals surface area (Å²) >= 11 is 0. The minimum absolute atomic E-state index is 0.573. The number of nitrogens with zero attached hydrogens (tertiary/aromatic N) is 2. The molecule has 2 N–H and O–H groups in total. The highest BCUT2D eigenvalue weighted by Crippen LogP contribution is 2.12. The van der Waals surface area contributed by atoms with Gasteiger partial charge in [0, 0.05) is 32.4 Å². The molecule has 0 heterocycles. The third-order valence-corrected chi connectivity index (χ3v) is 1.90. The van der Waals surface area contributed by atoms with Crippen molar-refractivity contribution in [1.29, 1.82) is 0 Å². The lowest BCUT2D eigenvalue weighted by atomic mass is 10.2. The van der Waals surface area contributed by atoms with Crippen LogP contribution in [0.3, 0.4) is 0 Å². The van der Waals surface area contributed by atoms with Crippen LogP contribution in [-0.4, -0.2) is 27.0 Å². The topological polar surface area (TPSA) is 41.6 Å². The van der Waals surface area contributed by atoms with Crippen molar-refractivity contribution < 1.29 is 0 Å². The zero-order chi connectivity index (χ0) is 9.84. The molecule has 3 nitrogen and oxygen atoms in total. The van der Waals surface area contributed by atoms with Gasteiger partial charge >= 0.3 is 0 Å². The second-order valence-electron chi connectivity index (χ2n) is 3.05. The predicted molar refractivity (Wildman–Crippen MR) is 57.4 cm³/mol. The van der Waals surface area contributed by atoms with Crippen molar-refractivity contribution in [3.8, 4) is 0 Å². The SMILES string of the molecule is CN=C(N)c1cccc(N(C)C)c1. The Bertz CT molecular complexity index is 316. The molecule has 0 aromatic heterocycles. The van der Waals surface area contributed by atoms with Crippen molar-refractivity contribution in [2.24, 2.45) is 10.7 Å². The second kappa shape index (κ2) is 3.94. The molecule has 1 aromatic rings. The van der Waals surface area contributed by atoms with Crippen LogP contribution in [0.15, 0.2) is 29.3 Å². The Morgan fingerprint density at radius 1 is 1.38 bits per heavy atom. The number of aliphatic imine (C=N–C) groups is 1. The highest BCUT2D eigenvalue weighted by molar-refractivity contribution is 5.98. The molecule has 13 heavy (non-hydrogen) atoms. The molecule has 0 spiro atoms. The van der Waals surface area contributed by atoms with E-state index in [1.54, 1.807) is 7.05 Å². The molecule has 0 fully saturated rings. The van der Waals surface area contributed by atoms with Crippen LogP contribution in [0.1, 0.15) is 5.56 Å². The third-order valence-electron chi connectivity index (χ3n) is 1.90. The zero-order valence-corrected chi connectivity index (χ0v) is 8.28. The van der Waals surface area contributed by atoms with Crippen LogP contribution in [0.5, 0.6) is 0 Å². The molecule has 0 unspecified atom stereocenters. The molecule has 3 heteroatoms. The lowest BCUT2D eigenvalue weighted by Crippen LogP contribution is -2.14. The van der Waals surface area contributed by atoms with Crippen LogP contribution in [0, 0.1) is 0 Å². The Hall–Kier alpha value is -1.51. The highest BCUT2D eigenvalue weighted by Gasteiger charge is 1.99. The van der Waals surface area contributed by atoms with E-state index in [0.717, 1.165) is 11.3 Å². The van der Waals surface area contributed by atoms with Crippen LogP contribution in [-0.2, 0) is 0 Å². The molecule has 0 aliphatic heterocycles. The molecule has 0 radical (unpaired) electrons. The van der Waals surface area contributed by atoms with E-state index in [1.807, 2.05) is 43.3 Å². The quantitative estimate of drug-likeness (QED) is 0.542. The number of anilines is 1. The van der Waals surface area contributed by atoms with Gasteiger partial charge in [-0.2, -0.15) is 0 Å². The van der Waals surface area contributed by atoms with E-state index in [-0.39, 0.29) is 0 Å². The van der Waals surface area contributed by atoms with Crippen LogP contribution in [0.25, 0.3) is 0 Å². The summed E-state index contributed by atoms with van der Waals surface area (Å²) in [4.78, 5) is 5.97. The Morgan fingerprint density at radius 3 is 2.62 bits per heavy atom. The second-order valence-corrected chi connectivity index (χ2v) is 3.05. The lowest BCUT2D eigenvalue weighted by Gasteiger charge is -2.13. The predicted octanol–water partition coefficient (Wildman–Crippen LogP) is 1.09. The molecule has 0 aliphatic carbocycles. The zero-order valence-electron chi connectivity index (χ0n) is 8.28. The first-order valence-corrected chi connectivity index (χ1v) is 4.15. The summed E-state index contributed by atoms with van der Waals surface area (Å²) < 4.78 is 0. The summed E-state index contributed by atoms with van der Waals surface area (Å²) in [6.07, 6.45) is 0. The van der Waals surface area contributed by atoms with Gasteiger partial charge in [-0.15, -0.1) is 0 Å². The number of hydrogen-bond acceptors (Lipinski definition) is 2. The summed E-state index contributed by atoms with van der Waals surface area (Å²) in [6, 6.07) is 7.98. The minimum atomic E-state index is 0.573. The summed E-state index contributed by atoms with van der Waals surface area (Å²) in [5.74, 6) is 0.573. The Balaban J connectivity index is 3.05. The molecular formula is C10H15N3. The number of amidine groups is 1. The van der Waals surface area contributed by atoms with Gasteiger partial charge in [-0.1, -0.05) is 12.1 Å².